The average molecular weight is 258 g/mol. The van der Waals surface area contributed by atoms with Gasteiger partial charge in [0.05, 0.1) is 0 Å². The van der Waals surface area contributed by atoms with Crippen molar-refractivity contribution in [3.63, 3.8) is 0 Å². The van der Waals surface area contributed by atoms with Crippen molar-refractivity contribution in [2.24, 2.45) is 0 Å². The molecule has 1 aliphatic carbocycles. The number of rotatable bonds is 3. The first kappa shape index (κ1) is 12.3. The number of fused-ring (bicyclic) bond motifs is 2. The zero-order chi connectivity index (χ0) is 13.4. The molecule has 3 nitrogen and oxygen atoms in total. The van der Waals surface area contributed by atoms with Crippen LogP contribution >= 0.6 is 0 Å². The monoisotopic (exact) mass is 258 g/mol. The third-order valence-electron chi connectivity index (χ3n) is 3.95. The van der Waals surface area contributed by atoms with E-state index in [1.54, 1.807) is 0 Å². The molecule has 0 saturated heterocycles. The third-order valence-corrected chi connectivity index (χ3v) is 3.95. The molecule has 0 atom stereocenters. The Kier molecular flexibility index (Phi) is 3.05. The van der Waals surface area contributed by atoms with E-state index in [1.165, 1.54) is 24.0 Å². The summed E-state index contributed by atoms with van der Waals surface area (Å²) in [4.78, 5) is 11.3. The first-order valence-corrected chi connectivity index (χ1v) is 7.01. The highest BCUT2D eigenvalue weighted by Crippen LogP contribution is 2.32. The molecule has 2 aromatic rings. The predicted molar refractivity (Wildman–Crippen MR) is 73.8 cm³/mol. The van der Waals surface area contributed by atoms with Crippen LogP contribution in [-0.4, -0.2) is 11.1 Å². The van der Waals surface area contributed by atoms with Crippen LogP contribution in [0.5, 0.6) is 0 Å². The van der Waals surface area contributed by atoms with Crippen LogP contribution in [0.3, 0.4) is 0 Å². The standard InChI is InChI=1S/C16H18O3/c1-2-5-12-13-8-10-6-3-4-7-11(10)9-14(13)19-15(12)16(17)18/h8-9H,2-7H2,1H3,(H,17,18). The van der Waals surface area contributed by atoms with Crippen LogP contribution in [0.4, 0.5) is 0 Å². The summed E-state index contributed by atoms with van der Waals surface area (Å²) < 4.78 is 5.58. The van der Waals surface area contributed by atoms with Gasteiger partial charge in [-0.2, -0.15) is 0 Å². The van der Waals surface area contributed by atoms with Gasteiger partial charge in [-0.25, -0.2) is 4.79 Å². The van der Waals surface area contributed by atoms with Gasteiger partial charge >= 0.3 is 5.97 Å². The minimum atomic E-state index is -0.961. The van der Waals surface area contributed by atoms with Crippen molar-refractivity contribution in [2.75, 3.05) is 0 Å². The maximum atomic E-state index is 11.3. The highest BCUT2D eigenvalue weighted by atomic mass is 16.4. The van der Waals surface area contributed by atoms with E-state index >= 15 is 0 Å². The van der Waals surface area contributed by atoms with Crippen molar-refractivity contribution in [3.05, 3.63) is 34.6 Å². The molecule has 0 radical (unpaired) electrons. The fourth-order valence-electron chi connectivity index (χ4n) is 3.05. The zero-order valence-corrected chi connectivity index (χ0v) is 11.2. The van der Waals surface area contributed by atoms with E-state index in [0.717, 1.165) is 42.2 Å². The molecule has 0 fully saturated rings. The first-order valence-electron chi connectivity index (χ1n) is 7.01. The van der Waals surface area contributed by atoms with Gasteiger partial charge in [-0.3, -0.25) is 0 Å². The molecular weight excluding hydrogens is 240 g/mol. The molecule has 1 N–H and O–H groups in total. The Bertz CT molecular complexity index is 637. The molecule has 19 heavy (non-hydrogen) atoms. The topological polar surface area (TPSA) is 50.4 Å². The Morgan fingerprint density at radius 3 is 2.58 bits per heavy atom. The van der Waals surface area contributed by atoms with Gasteiger partial charge < -0.3 is 9.52 Å². The number of carboxylic acid groups (broad SMARTS) is 1. The molecule has 3 rings (SSSR count). The lowest BCUT2D eigenvalue weighted by Crippen LogP contribution is -2.02. The second-order valence-electron chi connectivity index (χ2n) is 5.29. The molecule has 1 heterocycles. The SMILES string of the molecule is CCCc1c(C(=O)O)oc2cc3c(cc12)CCCC3. The lowest BCUT2D eigenvalue weighted by molar-refractivity contribution is 0.0663. The summed E-state index contributed by atoms with van der Waals surface area (Å²) in [6.45, 7) is 2.06. The smallest absolute Gasteiger partial charge is 0.372 e. The van der Waals surface area contributed by atoms with Crippen molar-refractivity contribution in [1.29, 1.82) is 0 Å². The van der Waals surface area contributed by atoms with Gasteiger partial charge in [-0.05, 0) is 55.4 Å². The Hall–Kier alpha value is -1.77. The summed E-state index contributed by atoms with van der Waals surface area (Å²) in [5, 5.41) is 10.3. The number of aromatic carboxylic acids is 1. The summed E-state index contributed by atoms with van der Waals surface area (Å²) in [6.07, 6.45) is 6.30. The van der Waals surface area contributed by atoms with E-state index < -0.39 is 5.97 Å². The van der Waals surface area contributed by atoms with Crippen molar-refractivity contribution < 1.29 is 14.3 Å². The maximum absolute atomic E-state index is 11.3. The molecule has 3 heteroatoms. The predicted octanol–water partition coefficient (Wildman–Crippen LogP) is 3.96. The fourth-order valence-corrected chi connectivity index (χ4v) is 3.05. The van der Waals surface area contributed by atoms with Crippen LogP contribution in [-0.2, 0) is 19.3 Å². The van der Waals surface area contributed by atoms with Crippen LogP contribution in [0.1, 0.15) is 53.4 Å². The lowest BCUT2D eigenvalue weighted by atomic mass is 9.90. The molecule has 0 amide bonds. The normalized spacial score (nSPS) is 14.6. The highest BCUT2D eigenvalue weighted by Gasteiger charge is 2.21. The van der Waals surface area contributed by atoms with Gasteiger partial charge in [0.1, 0.15) is 5.58 Å². The number of hydrogen-bond donors (Lipinski definition) is 1. The van der Waals surface area contributed by atoms with Crippen molar-refractivity contribution in [3.8, 4) is 0 Å². The number of aryl methyl sites for hydroxylation is 3. The molecule has 0 aliphatic heterocycles. The summed E-state index contributed by atoms with van der Waals surface area (Å²) >= 11 is 0. The van der Waals surface area contributed by atoms with Gasteiger partial charge in [-0.1, -0.05) is 13.3 Å². The van der Waals surface area contributed by atoms with Crippen molar-refractivity contribution >= 4 is 16.9 Å². The molecule has 0 saturated carbocycles. The van der Waals surface area contributed by atoms with Crippen LogP contribution in [0.2, 0.25) is 0 Å². The summed E-state index contributed by atoms with van der Waals surface area (Å²) in [7, 11) is 0. The van der Waals surface area contributed by atoms with Gasteiger partial charge in [0.2, 0.25) is 5.76 Å². The minimum absolute atomic E-state index is 0.124. The van der Waals surface area contributed by atoms with E-state index in [-0.39, 0.29) is 5.76 Å². The van der Waals surface area contributed by atoms with Gasteiger partial charge in [0, 0.05) is 10.9 Å². The average Bonchev–Trinajstić information content (AvgIpc) is 2.75. The maximum Gasteiger partial charge on any atom is 0.372 e. The zero-order valence-electron chi connectivity index (χ0n) is 11.2. The minimum Gasteiger partial charge on any atom is -0.475 e. The van der Waals surface area contributed by atoms with E-state index in [9.17, 15) is 9.90 Å². The Morgan fingerprint density at radius 2 is 1.95 bits per heavy atom. The van der Waals surface area contributed by atoms with E-state index in [2.05, 4.69) is 19.1 Å². The third kappa shape index (κ3) is 2.03. The molecule has 1 aliphatic rings. The number of furan rings is 1. The molecule has 0 spiro atoms. The van der Waals surface area contributed by atoms with Crippen molar-refractivity contribution in [1.82, 2.24) is 0 Å². The van der Waals surface area contributed by atoms with Gasteiger partial charge in [-0.15, -0.1) is 0 Å². The molecule has 1 aromatic heterocycles. The second kappa shape index (κ2) is 4.72. The Morgan fingerprint density at radius 1 is 1.26 bits per heavy atom. The number of hydrogen-bond acceptors (Lipinski definition) is 2. The molecule has 0 bridgehead atoms. The molecule has 100 valence electrons. The molecule has 1 aromatic carbocycles. The summed E-state index contributed by atoms with van der Waals surface area (Å²) in [6, 6.07) is 4.21. The largest absolute Gasteiger partial charge is 0.475 e. The lowest BCUT2D eigenvalue weighted by Gasteiger charge is -2.15. The Balaban J connectivity index is 2.23. The molecule has 0 unspecified atom stereocenters. The van der Waals surface area contributed by atoms with Crippen LogP contribution in [0.15, 0.2) is 16.5 Å². The summed E-state index contributed by atoms with van der Waals surface area (Å²) in [5.74, 6) is -0.836. The highest BCUT2D eigenvalue weighted by molar-refractivity contribution is 5.95. The number of carboxylic acids is 1. The second-order valence-corrected chi connectivity index (χ2v) is 5.29. The van der Waals surface area contributed by atoms with Crippen LogP contribution < -0.4 is 0 Å². The fraction of sp³-hybridized carbons (Fsp3) is 0.438. The number of benzene rings is 1. The summed E-state index contributed by atoms with van der Waals surface area (Å²) in [5.41, 5.74) is 4.29. The van der Waals surface area contributed by atoms with Gasteiger partial charge in [0.25, 0.3) is 0 Å². The van der Waals surface area contributed by atoms with E-state index in [1.807, 2.05) is 0 Å². The van der Waals surface area contributed by atoms with Crippen molar-refractivity contribution in [2.45, 2.75) is 45.4 Å². The van der Waals surface area contributed by atoms with Crippen LogP contribution in [0.25, 0.3) is 11.0 Å². The Labute approximate surface area is 112 Å². The number of carbonyl (C=O) groups is 1. The van der Waals surface area contributed by atoms with E-state index in [0.29, 0.717) is 0 Å². The quantitative estimate of drug-likeness (QED) is 0.906. The van der Waals surface area contributed by atoms with Crippen LogP contribution in [0, 0.1) is 0 Å². The molecular formula is C16H18O3. The van der Waals surface area contributed by atoms with Gasteiger partial charge in [0.15, 0.2) is 0 Å². The first-order chi connectivity index (χ1) is 9.20. The van der Waals surface area contributed by atoms with E-state index in [4.69, 9.17) is 4.42 Å².